The predicted molar refractivity (Wildman–Crippen MR) is 95.4 cm³/mol. The number of carbonyl (C=O) groups is 1. The molecule has 5 nitrogen and oxygen atoms in total. The molecule has 1 amide bonds. The highest BCUT2D eigenvalue weighted by Gasteiger charge is 2.27. The van der Waals surface area contributed by atoms with Gasteiger partial charge in [0.2, 0.25) is 10.0 Å². The summed E-state index contributed by atoms with van der Waals surface area (Å²) in [5.41, 5.74) is 1.73. The fourth-order valence-corrected chi connectivity index (χ4v) is 4.45. The molecule has 6 heteroatoms. The number of rotatable bonds is 4. The normalized spacial score (nSPS) is 17.5. The van der Waals surface area contributed by atoms with E-state index in [1.807, 2.05) is 0 Å². The van der Waals surface area contributed by atoms with E-state index < -0.39 is 10.0 Å². The van der Waals surface area contributed by atoms with E-state index >= 15 is 0 Å². The quantitative estimate of drug-likeness (QED) is 0.904. The summed E-state index contributed by atoms with van der Waals surface area (Å²) in [6.07, 6.45) is 6.00. The first-order valence-electron chi connectivity index (χ1n) is 8.54. The first-order chi connectivity index (χ1) is 11.1. The van der Waals surface area contributed by atoms with Gasteiger partial charge in [0.15, 0.2) is 0 Å². The number of sulfonamides is 1. The number of hydrogen-bond donors (Lipinski definition) is 1. The first kappa shape index (κ1) is 18.9. The highest BCUT2D eigenvalue weighted by Crippen LogP contribution is 2.29. The van der Waals surface area contributed by atoms with Crippen molar-refractivity contribution in [3.63, 3.8) is 0 Å². The van der Waals surface area contributed by atoms with Crippen LogP contribution in [0.25, 0.3) is 0 Å². The van der Waals surface area contributed by atoms with E-state index in [0.29, 0.717) is 17.0 Å². The van der Waals surface area contributed by atoms with Crippen molar-refractivity contribution in [1.29, 1.82) is 0 Å². The number of primary sulfonamides is 1. The van der Waals surface area contributed by atoms with Gasteiger partial charge in [0.1, 0.15) is 0 Å². The largest absolute Gasteiger partial charge is 0.339 e. The molecule has 1 aliphatic rings. The number of aryl methyl sites for hydroxylation is 1. The maximum Gasteiger partial charge on any atom is 0.253 e. The third-order valence-electron chi connectivity index (χ3n) is 5.44. The topological polar surface area (TPSA) is 80.5 Å². The molecule has 1 aromatic rings. The number of amides is 1. The van der Waals surface area contributed by atoms with Crippen molar-refractivity contribution >= 4 is 15.9 Å². The Balaban J connectivity index is 2.30. The Morgan fingerprint density at radius 2 is 1.79 bits per heavy atom. The van der Waals surface area contributed by atoms with Crippen LogP contribution in [0.3, 0.4) is 0 Å². The highest BCUT2D eigenvalue weighted by molar-refractivity contribution is 7.89. The molecule has 1 atom stereocenters. The monoisotopic (exact) mass is 352 g/mol. The molecule has 0 radical (unpaired) electrons. The van der Waals surface area contributed by atoms with Gasteiger partial charge in [-0.15, -0.1) is 0 Å². The molecule has 0 saturated heterocycles. The third kappa shape index (κ3) is 3.98. The molecule has 1 aliphatic carbocycles. The molecule has 0 heterocycles. The van der Waals surface area contributed by atoms with E-state index in [1.165, 1.54) is 25.3 Å². The van der Waals surface area contributed by atoms with Gasteiger partial charge in [-0.1, -0.05) is 19.3 Å². The molecule has 1 fully saturated rings. The van der Waals surface area contributed by atoms with Crippen molar-refractivity contribution in [2.75, 3.05) is 7.05 Å². The molecule has 0 bridgehead atoms. The summed E-state index contributed by atoms with van der Waals surface area (Å²) in [6.45, 7) is 5.58. The van der Waals surface area contributed by atoms with Crippen LogP contribution in [0, 0.1) is 19.8 Å². The van der Waals surface area contributed by atoms with Crippen molar-refractivity contribution in [2.45, 2.75) is 63.8 Å². The zero-order chi connectivity index (χ0) is 18.1. The Morgan fingerprint density at radius 1 is 1.21 bits per heavy atom. The zero-order valence-corrected chi connectivity index (χ0v) is 15.8. The van der Waals surface area contributed by atoms with Crippen LogP contribution in [0.1, 0.15) is 60.5 Å². The molecule has 2 N–H and O–H groups in total. The van der Waals surface area contributed by atoms with E-state index in [0.717, 1.165) is 18.4 Å². The smallest absolute Gasteiger partial charge is 0.253 e. The molecule has 24 heavy (non-hydrogen) atoms. The summed E-state index contributed by atoms with van der Waals surface area (Å²) in [6, 6.07) is 3.29. The van der Waals surface area contributed by atoms with Gasteiger partial charge < -0.3 is 4.90 Å². The number of hydrogen-bond acceptors (Lipinski definition) is 3. The van der Waals surface area contributed by atoms with Crippen LogP contribution in [0.4, 0.5) is 0 Å². The van der Waals surface area contributed by atoms with Crippen LogP contribution >= 0.6 is 0 Å². The summed E-state index contributed by atoms with van der Waals surface area (Å²) in [5, 5.41) is 5.30. The molecule has 0 aromatic heterocycles. The average molecular weight is 353 g/mol. The summed E-state index contributed by atoms with van der Waals surface area (Å²) >= 11 is 0. The first-order valence-corrected chi connectivity index (χ1v) is 10.1. The van der Waals surface area contributed by atoms with Gasteiger partial charge in [-0.2, -0.15) is 0 Å². The molecular weight excluding hydrogens is 324 g/mol. The highest BCUT2D eigenvalue weighted by atomic mass is 32.2. The Kier molecular flexibility index (Phi) is 5.71. The maximum absolute atomic E-state index is 12.9. The van der Waals surface area contributed by atoms with E-state index in [9.17, 15) is 13.2 Å². The molecular formula is C18H28N2O3S. The summed E-state index contributed by atoms with van der Waals surface area (Å²) in [7, 11) is -2.05. The number of carbonyl (C=O) groups excluding carboxylic acids is 1. The SMILES string of the molecule is Cc1cc(C(=O)N(C)C(C)C2CCCCC2)cc(S(N)(=O)=O)c1C. The molecule has 1 saturated carbocycles. The van der Waals surface area contributed by atoms with E-state index in [-0.39, 0.29) is 16.8 Å². The maximum atomic E-state index is 12.9. The van der Waals surface area contributed by atoms with Crippen LogP contribution in [-0.4, -0.2) is 32.3 Å². The van der Waals surface area contributed by atoms with Gasteiger partial charge in [-0.3, -0.25) is 4.79 Å². The Hall–Kier alpha value is -1.40. The molecule has 0 aliphatic heterocycles. The second-order valence-electron chi connectivity index (χ2n) is 7.02. The van der Waals surface area contributed by atoms with Crippen LogP contribution in [-0.2, 0) is 10.0 Å². The van der Waals surface area contributed by atoms with Gasteiger partial charge in [-0.25, -0.2) is 13.6 Å². The van der Waals surface area contributed by atoms with Crippen molar-refractivity contribution < 1.29 is 13.2 Å². The molecule has 134 valence electrons. The van der Waals surface area contributed by atoms with Gasteiger partial charge >= 0.3 is 0 Å². The van der Waals surface area contributed by atoms with Gasteiger partial charge in [-0.05, 0) is 62.8 Å². The summed E-state index contributed by atoms with van der Waals surface area (Å²) in [5.74, 6) is 0.359. The number of nitrogens with zero attached hydrogens (tertiary/aromatic N) is 1. The van der Waals surface area contributed by atoms with Gasteiger partial charge in [0.05, 0.1) is 4.90 Å². The predicted octanol–water partition coefficient (Wildman–Crippen LogP) is 2.99. The fraction of sp³-hybridized carbons (Fsp3) is 0.611. The Bertz CT molecular complexity index is 722. The van der Waals surface area contributed by atoms with Gasteiger partial charge in [0, 0.05) is 18.7 Å². The van der Waals surface area contributed by atoms with Crippen molar-refractivity contribution in [2.24, 2.45) is 11.1 Å². The van der Waals surface area contributed by atoms with Crippen LogP contribution < -0.4 is 5.14 Å². The lowest BCUT2D eigenvalue weighted by Crippen LogP contribution is -2.40. The lowest BCUT2D eigenvalue weighted by Gasteiger charge is -2.34. The van der Waals surface area contributed by atoms with Crippen molar-refractivity contribution in [3.8, 4) is 0 Å². The molecule has 1 aromatic carbocycles. The van der Waals surface area contributed by atoms with Crippen LogP contribution in [0.5, 0.6) is 0 Å². The average Bonchev–Trinajstić information content (AvgIpc) is 2.54. The van der Waals surface area contributed by atoms with Crippen molar-refractivity contribution in [3.05, 3.63) is 28.8 Å². The minimum Gasteiger partial charge on any atom is -0.339 e. The van der Waals surface area contributed by atoms with E-state index in [1.54, 1.807) is 31.9 Å². The minimum absolute atomic E-state index is 0.0320. The van der Waals surface area contributed by atoms with Crippen molar-refractivity contribution in [1.82, 2.24) is 4.90 Å². The second-order valence-corrected chi connectivity index (χ2v) is 8.55. The van der Waals surface area contributed by atoms with Gasteiger partial charge in [0.25, 0.3) is 5.91 Å². The summed E-state index contributed by atoms with van der Waals surface area (Å²) in [4.78, 5) is 14.6. The lowest BCUT2D eigenvalue weighted by molar-refractivity contribution is 0.0665. The molecule has 1 unspecified atom stereocenters. The Morgan fingerprint density at radius 3 is 2.33 bits per heavy atom. The lowest BCUT2D eigenvalue weighted by atomic mass is 9.84. The van der Waals surface area contributed by atoms with Crippen LogP contribution in [0.2, 0.25) is 0 Å². The molecule has 0 spiro atoms. The third-order valence-corrected chi connectivity index (χ3v) is 6.47. The minimum atomic E-state index is -3.85. The number of nitrogens with two attached hydrogens (primary N) is 1. The zero-order valence-electron chi connectivity index (χ0n) is 15.0. The van der Waals surface area contributed by atoms with E-state index in [2.05, 4.69) is 6.92 Å². The Labute approximate surface area is 145 Å². The molecule has 2 rings (SSSR count). The van der Waals surface area contributed by atoms with E-state index in [4.69, 9.17) is 5.14 Å². The second kappa shape index (κ2) is 7.23. The standard InChI is InChI=1S/C18H28N2O3S/c1-12-10-16(11-17(13(12)2)24(19,22)23)18(21)20(4)14(3)15-8-6-5-7-9-15/h10-11,14-15H,5-9H2,1-4H3,(H2,19,22,23). The van der Waals surface area contributed by atoms with Crippen LogP contribution in [0.15, 0.2) is 17.0 Å². The summed E-state index contributed by atoms with van der Waals surface area (Å²) < 4.78 is 23.6. The fourth-order valence-electron chi connectivity index (χ4n) is 3.57. The number of benzene rings is 1.